The minimum Gasteiger partial charge on any atom is -0.369 e. The molecule has 6 heteroatoms. The Morgan fingerprint density at radius 2 is 2.33 bits per heavy atom. The van der Waals surface area contributed by atoms with E-state index in [-0.39, 0.29) is 6.54 Å². The highest BCUT2D eigenvalue weighted by atomic mass is 16.5. The highest BCUT2D eigenvalue weighted by molar-refractivity contribution is 5.75. The molecule has 2 aromatic rings. The number of primary amides is 1. The van der Waals surface area contributed by atoms with Crippen LogP contribution < -0.4 is 11.1 Å². The number of rotatable bonds is 5. The molecule has 94 valence electrons. The lowest BCUT2D eigenvalue weighted by Gasteiger charge is -1.96. The van der Waals surface area contributed by atoms with Crippen LogP contribution in [0.4, 0.5) is 0 Å². The summed E-state index contributed by atoms with van der Waals surface area (Å²) in [6, 6.07) is 7.83. The number of nitrogens with one attached hydrogen (secondary N) is 1. The summed E-state index contributed by atoms with van der Waals surface area (Å²) in [4.78, 5) is 14.8. The number of amides is 1. The highest BCUT2D eigenvalue weighted by Crippen LogP contribution is 2.16. The number of hydrogen-bond acceptors (Lipinski definition) is 5. The minimum atomic E-state index is -0.423. The first-order valence-electron chi connectivity index (χ1n) is 5.54. The number of benzene rings is 1. The van der Waals surface area contributed by atoms with Gasteiger partial charge in [-0.05, 0) is 13.0 Å². The summed E-state index contributed by atoms with van der Waals surface area (Å²) in [6.07, 6.45) is 0. The van der Waals surface area contributed by atoms with Gasteiger partial charge in [0.25, 0.3) is 0 Å². The summed E-state index contributed by atoms with van der Waals surface area (Å²) >= 11 is 0. The molecule has 2 rings (SSSR count). The second-order valence-corrected chi connectivity index (χ2v) is 3.95. The molecule has 1 amide bonds. The van der Waals surface area contributed by atoms with Gasteiger partial charge >= 0.3 is 0 Å². The van der Waals surface area contributed by atoms with Gasteiger partial charge in [0, 0.05) is 5.56 Å². The third-order valence-electron chi connectivity index (χ3n) is 2.32. The molecule has 1 heterocycles. The molecule has 0 radical (unpaired) electrons. The SMILES string of the molecule is Cc1cccc(-c2noc(CNCC(N)=O)n2)c1. The molecule has 3 N–H and O–H groups in total. The van der Waals surface area contributed by atoms with Crippen molar-refractivity contribution < 1.29 is 9.32 Å². The maximum absolute atomic E-state index is 10.5. The van der Waals surface area contributed by atoms with Crippen molar-refractivity contribution in [3.8, 4) is 11.4 Å². The van der Waals surface area contributed by atoms with Crippen LogP contribution in [0.1, 0.15) is 11.5 Å². The average Bonchev–Trinajstić information content (AvgIpc) is 2.77. The third-order valence-corrected chi connectivity index (χ3v) is 2.32. The van der Waals surface area contributed by atoms with Crippen molar-refractivity contribution in [2.75, 3.05) is 6.54 Å². The normalized spacial score (nSPS) is 10.5. The van der Waals surface area contributed by atoms with Gasteiger partial charge < -0.3 is 10.3 Å². The molecule has 1 aromatic carbocycles. The van der Waals surface area contributed by atoms with E-state index in [0.717, 1.165) is 11.1 Å². The molecule has 18 heavy (non-hydrogen) atoms. The number of aryl methyl sites for hydroxylation is 1. The number of carbonyl (C=O) groups excluding carboxylic acids is 1. The molecule has 0 aliphatic heterocycles. The van der Waals surface area contributed by atoms with Gasteiger partial charge in [0.2, 0.25) is 17.6 Å². The van der Waals surface area contributed by atoms with Crippen LogP contribution in [-0.4, -0.2) is 22.6 Å². The number of nitrogens with two attached hydrogens (primary N) is 1. The fourth-order valence-electron chi connectivity index (χ4n) is 1.52. The van der Waals surface area contributed by atoms with E-state index in [4.69, 9.17) is 10.3 Å². The van der Waals surface area contributed by atoms with E-state index < -0.39 is 5.91 Å². The van der Waals surface area contributed by atoms with E-state index in [1.54, 1.807) is 0 Å². The van der Waals surface area contributed by atoms with Gasteiger partial charge in [-0.1, -0.05) is 28.9 Å². The van der Waals surface area contributed by atoms with Gasteiger partial charge in [-0.15, -0.1) is 0 Å². The highest BCUT2D eigenvalue weighted by Gasteiger charge is 2.08. The lowest BCUT2D eigenvalue weighted by Crippen LogP contribution is -2.28. The molecule has 1 aromatic heterocycles. The molecular weight excluding hydrogens is 232 g/mol. The maximum atomic E-state index is 10.5. The van der Waals surface area contributed by atoms with Gasteiger partial charge in [0.1, 0.15) is 0 Å². The smallest absolute Gasteiger partial charge is 0.240 e. The van der Waals surface area contributed by atoms with Crippen LogP contribution >= 0.6 is 0 Å². The van der Waals surface area contributed by atoms with Crippen LogP contribution in [0, 0.1) is 6.92 Å². The van der Waals surface area contributed by atoms with E-state index in [0.29, 0.717) is 18.3 Å². The van der Waals surface area contributed by atoms with E-state index in [1.807, 2.05) is 31.2 Å². The summed E-state index contributed by atoms with van der Waals surface area (Å²) in [7, 11) is 0. The van der Waals surface area contributed by atoms with Crippen LogP contribution in [-0.2, 0) is 11.3 Å². The zero-order valence-electron chi connectivity index (χ0n) is 10.0. The fraction of sp³-hybridized carbons (Fsp3) is 0.250. The zero-order valence-corrected chi connectivity index (χ0v) is 10.0. The average molecular weight is 246 g/mol. The number of carbonyl (C=O) groups is 1. The van der Waals surface area contributed by atoms with E-state index in [2.05, 4.69) is 15.5 Å². The van der Waals surface area contributed by atoms with E-state index in [9.17, 15) is 4.79 Å². The Morgan fingerprint density at radius 3 is 3.06 bits per heavy atom. The largest absolute Gasteiger partial charge is 0.369 e. The van der Waals surface area contributed by atoms with E-state index >= 15 is 0 Å². The van der Waals surface area contributed by atoms with Crippen molar-refractivity contribution in [2.45, 2.75) is 13.5 Å². The van der Waals surface area contributed by atoms with Gasteiger partial charge in [-0.2, -0.15) is 4.98 Å². The Balaban J connectivity index is 2.04. The first-order chi connectivity index (χ1) is 8.65. The first-order valence-corrected chi connectivity index (χ1v) is 5.54. The lowest BCUT2D eigenvalue weighted by molar-refractivity contribution is -0.117. The van der Waals surface area contributed by atoms with Crippen molar-refractivity contribution in [3.05, 3.63) is 35.7 Å². The van der Waals surface area contributed by atoms with Gasteiger partial charge in [-0.3, -0.25) is 10.1 Å². The standard InChI is InChI=1S/C12H14N4O2/c1-8-3-2-4-9(5-8)12-15-11(18-16-12)7-14-6-10(13)17/h2-5,14H,6-7H2,1H3,(H2,13,17). The molecular formula is C12H14N4O2. The van der Waals surface area contributed by atoms with Crippen LogP contribution in [0.5, 0.6) is 0 Å². The second kappa shape index (κ2) is 5.42. The third kappa shape index (κ3) is 3.14. The minimum absolute atomic E-state index is 0.0855. The Bertz CT molecular complexity index is 551. The molecule has 0 saturated heterocycles. The van der Waals surface area contributed by atoms with Crippen molar-refractivity contribution >= 4 is 5.91 Å². The van der Waals surface area contributed by atoms with Crippen LogP contribution in [0.2, 0.25) is 0 Å². The summed E-state index contributed by atoms with van der Waals surface area (Å²) in [6.45, 7) is 2.41. The molecule has 0 saturated carbocycles. The molecule has 0 bridgehead atoms. The molecule has 0 aliphatic rings. The zero-order chi connectivity index (χ0) is 13.0. The van der Waals surface area contributed by atoms with Crippen molar-refractivity contribution in [2.24, 2.45) is 5.73 Å². The Labute approximate surface area is 104 Å². The van der Waals surface area contributed by atoms with Crippen molar-refractivity contribution in [1.82, 2.24) is 15.5 Å². The molecule has 0 unspecified atom stereocenters. The van der Waals surface area contributed by atoms with E-state index in [1.165, 1.54) is 0 Å². The van der Waals surface area contributed by atoms with Gasteiger partial charge in [-0.25, -0.2) is 0 Å². The monoisotopic (exact) mass is 246 g/mol. The number of nitrogens with zero attached hydrogens (tertiary/aromatic N) is 2. The maximum Gasteiger partial charge on any atom is 0.240 e. The molecule has 0 spiro atoms. The molecule has 0 aliphatic carbocycles. The Kier molecular flexibility index (Phi) is 3.69. The molecule has 0 atom stereocenters. The number of aromatic nitrogens is 2. The number of hydrogen-bond donors (Lipinski definition) is 2. The fourth-order valence-corrected chi connectivity index (χ4v) is 1.52. The summed E-state index contributed by atoms with van der Waals surface area (Å²) in [5.41, 5.74) is 7.03. The van der Waals surface area contributed by atoms with Gasteiger partial charge in [0.15, 0.2) is 0 Å². The second-order valence-electron chi connectivity index (χ2n) is 3.95. The van der Waals surface area contributed by atoms with Crippen LogP contribution in [0.25, 0.3) is 11.4 Å². The summed E-state index contributed by atoms with van der Waals surface area (Å²) in [5.74, 6) is 0.538. The Morgan fingerprint density at radius 1 is 1.50 bits per heavy atom. The van der Waals surface area contributed by atoms with Crippen LogP contribution in [0.3, 0.4) is 0 Å². The predicted octanol–water partition coefficient (Wildman–Crippen LogP) is 0.620. The molecule has 0 fully saturated rings. The lowest BCUT2D eigenvalue weighted by atomic mass is 10.1. The van der Waals surface area contributed by atoms with Crippen LogP contribution in [0.15, 0.2) is 28.8 Å². The Hall–Kier alpha value is -2.21. The topological polar surface area (TPSA) is 94.0 Å². The predicted molar refractivity (Wildman–Crippen MR) is 65.4 cm³/mol. The van der Waals surface area contributed by atoms with Crippen molar-refractivity contribution in [1.29, 1.82) is 0 Å². The summed E-state index contributed by atoms with van der Waals surface area (Å²) in [5, 5.41) is 6.69. The quantitative estimate of drug-likeness (QED) is 0.806. The first kappa shape index (κ1) is 12.3. The summed E-state index contributed by atoms with van der Waals surface area (Å²) < 4.78 is 5.07. The van der Waals surface area contributed by atoms with Gasteiger partial charge in [0.05, 0.1) is 13.1 Å². The molecule has 6 nitrogen and oxygen atoms in total. The van der Waals surface area contributed by atoms with Crippen molar-refractivity contribution in [3.63, 3.8) is 0 Å².